The number of nitrogens with one attached hydrogen (secondary N) is 1. The van der Waals surface area contributed by atoms with Gasteiger partial charge in [0.1, 0.15) is 0 Å². The van der Waals surface area contributed by atoms with Gasteiger partial charge in [-0.3, -0.25) is 9.78 Å². The summed E-state index contributed by atoms with van der Waals surface area (Å²) in [5.74, 6) is 0.420. The molecule has 4 nitrogen and oxygen atoms in total. The van der Waals surface area contributed by atoms with Crippen LogP contribution in [0.15, 0.2) is 18.5 Å². The van der Waals surface area contributed by atoms with Crippen molar-refractivity contribution in [3.8, 4) is 0 Å². The minimum Gasteiger partial charge on any atom is -0.352 e. The number of hydrogen-bond donors (Lipinski definition) is 1. The Bertz CT molecular complexity index is 424. The summed E-state index contributed by atoms with van der Waals surface area (Å²) in [6.07, 6.45) is 5.45. The van der Waals surface area contributed by atoms with E-state index in [1.165, 1.54) is 19.0 Å². The fourth-order valence-corrected chi connectivity index (χ4v) is 2.54. The van der Waals surface area contributed by atoms with Gasteiger partial charge in [-0.1, -0.05) is 11.6 Å². The van der Waals surface area contributed by atoms with Crippen LogP contribution in [0.3, 0.4) is 0 Å². The Morgan fingerprint density at radius 2 is 2.50 bits per heavy atom. The molecule has 1 saturated heterocycles. The molecule has 1 aliphatic heterocycles. The third-order valence-corrected chi connectivity index (χ3v) is 3.59. The van der Waals surface area contributed by atoms with E-state index < -0.39 is 0 Å². The molecule has 0 saturated carbocycles. The topological polar surface area (TPSA) is 45.2 Å². The van der Waals surface area contributed by atoms with E-state index in [2.05, 4.69) is 22.2 Å². The second-order valence-electron chi connectivity index (χ2n) is 4.84. The van der Waals surface area contributed by atoms with Gasteiger partial charge >= 0.3 is 0 Å². The number of carbonyl (C=O) groups is 1. The molecule has 1 aromatic heterocycles. The minimum atomic E-state index is -0.115. The number of piperidine rings is 1. The van der Waals surface area contributed by atoms with E-state index in [0.717, 1.165) is 13.1 Å². The molecule has 0 bridgehead atoms. The van der Waals surface area contributed by atoms with Crippen molar-refractivity contribution in [1.82, 2.24) is 15.2 Å². The van der Waals surface area contributed by atoms with Crippen molar-refractivity contribution in [2.45, 2.75) is 12.8 Å². The number of likely N-dealkylation sites (tertiary alicyclic amines) is 1. The van der Waals surface area contributed by atoms with E-state index in [-0.39, 0.29) is 5.91 Å². The van der Waals surface area contributed by atoms with Crippen LogP contribution >= 0.6 is 11.6 Å². The lowest BCUT2D eigenvalue weighted by Crippen LogP contribution is -2.39. The molecule has 0 spiro atoms. The molecule has 1 aromatic rings. The molecule has 98 valence electrons. The SMILES string of the molecule is CN1CCCC(CNC(=O)c2ccncc2Cl)C1. The van der Waals surface area contributed by atoms with Crippen molar-refractivity contribution in [2.75, 3.05) is 26.7 Å². The zero-order valence-electron chi connectivity index (χ0n) is 10.5. The molecule has 2 heterocycles. The Hall–Kier alpha value is -1.13. The largest absolute Gasteiger partial charge is 0.352 e. The van der Waals surface area contributed by atoms with E-state index in [0.29, 0.717) is 23.0 Å². The lowest BCUT2D eigenvalue weighted by molar-refractivity contribution is 0.0937. The third kappa shape index (κ3) is 3.43. The maximum absolute atomic E-state index is 12.0. The van der Waals surface area contributed by atoms with Crippen LogP contribution in [-0.4, -0.2) is 42.5 Å². The summed E-state index contributed by atoms with van der Waals surface area (Å²) in [5, 5.41) is 3.35. The van der Waals surface area contributed by atoms with Gasteiger partial charge in [0.25, 0.3) is 5.91 Å². The number of carbonyl (C=O) groups excluding carboxylic acids is 1. The van der Waals surface area contributed by atoms with Crippen molar-refractivity contribution >= 4 is 17.5 Å². The van der Waals surface area contributed by atoms with Gasteiger partial charge < -0.3 is 10.2 Å². The van der Waals surface area contributed by atoms with Gasteiger partial charge in [-0.2, -0.15) is 0 Å². The second kappa shape index (κ2) is 6.16. The fraction of sp³-hybridized carbons (Fsp3) is 0.538. The molecule has 2 rings (SSSR count). The fourth-order valence-electron chi connectivity index (χ4n) is 2.33. The summed E-state index contributed by atoms with van der Waals surface area (Å²) in [6, 6.07) is 1.64. The molecule has 5 heteroatoms. The normalized spacial score (nSPS) is 20.7. The van der Waals surface area contributed by atoms with Crippen LogP contribution in [-0.2, 0) is 0 Å². The monoisotopic (exact) mass is 267 g/mol. The van der Waals surface area contributed by atoms with E-state index in [1.807, 2.05) is 0 Å². The Labute approximate surface area is 112 Å². The highest BCUT2D eigenvalue weighted by Crippen LogP contribution is 2.15. The number of halogens is 1. The standard InChI is InChI=1S/C13H18ClN3O/c1-17-6-2-3-10(9-17)7-16-13(18)11-4-5-15-8-12(11)14/h4-5,8,10H,2-3,6-7,9H2,1H3,(H,16,18). The van der Waals surface area contributed by atoms with Gasteiger partial charge in [-0.25, -0.2) is 0 Å². The minimum absolute atomic E-state index is 0.115. The van der Waals surface area contributed by atoms with Gasteiger partial charge in [0.15, 0.2) is 0 Å². The molecule has 1 fully saturated rings. The summed E-state index contributed by atoms with van der Waals surface area (Å²) in [6.45, 7) is 2.91. The average molecular weight is 268 g/mol. The van der Waals surface area contributed by atoms with Gasteiger partial charge in [0.2, 0.25) is 0 Å². The first-order valence-corrected chi connectivity index (χ1v) is 6.61. The average Bonchev–Trinajstić information content (AvgIpc) is 2.37. The van der Waals surface area contributed by atoms with E-state index in [1.54, 1.807) is 12.3 Å². The van der Waals surface area contributed by atoms with Crippen LogP contribution in [0.2, 0.25) is 5.02 Å². The summed E-state index contributed by atoms with van der Waals surface area (Å²) in [4.78, 5) is 18.1. The van der Waals surface area contributed by atoms with Crippen molar-refractivity contribution in [3.05, 3.63) is 29.0 Å². The van der Waals surface area contributed by atoms with Gasteiger partial charge in [0.05, 0.1) is 10.6 Å². The van der Waals surface area contributed by atoms with Crippen molar-refractivity contribution < 1.29 is 4.79 Å². The van der Waals surface area contributed by atoms with Crippen molar-refractivity contribution in [3.63, 3.8) is 0 Å². The Morgan fingerprint density at radius 3 is 3.22 bits per heavy atom. The first-order chi connectivity index (χ1) is 8.66. The molecule has 18 heavy (non-hydrogen) atoms. The van der Waals surface area contributed by atoms with Crippen LogP contribution in [0.25, 0.3) is 0 Å². The van der Waals surface area contributed by atoms with Crippen LogP contribution < -0.4 is 5.32 Å². The van der Waals surface area contributed by atoms with E-state index >= 15 is 0 Å². The van der Waals surface area contributed by atoms with Gasteiger partial charge in [0, 0.05) is 25.5 Å². The zero-order valence-corrected chi connectivity index (χ0v) is 11.3. The molecule has 0 aliphatic carbocycles. The Balaban J connectivity index is 1.87. The summed E-state index contributed by atoms with van der Waals surface area (Å²) in [5.41, 5.74) is 0.496. The molecule has 1 amide bonds. The van der Waals surface area contributed by atoms with E-state index in [4.69, 9.17) is 11.6 Å². The molecule has 1 unspecified atom stereocenters. The molecular weight excluding hydrogens is 250 g/mol. The number of rotatable bonds is 3. The molecule has 1 N–H and O–H groups in total. The summed E-state index contributed by atoms with van der Waals surface area (Å²) < 4.78 is 0. The molecule has 1 atom stereocenters. The Morgan fingerprint density at radius 1 is 1.67 bits per heavy atom. The third-order valence-electron chi connectivity index (χ3n) is 3.29. The second-order valence-corrected chi connectivity index (χ2v) is 5.24. The number of hydrogen-bond acceptors (Lipinski definition) is 3. The highest BCUT2D eigenvalue weighted by Gasteiger charge is 2.18. The predicted molar refractivity (Wildman–Crippen MR) is 71.8 cm³/mol. The first-order valence-electron chi connectivity index (χ1n) is 6.23. The predicted octanol–water partition coefficient (Wildman–Crippen LogP) is 1.81. The highest BCUT2D eigenvalue weighted by molar-refractivity contribution is 6.33. The molecule has 1 aliphatic rings. The maximum atomic E-state index is 12.0. The number of amides is 1. The van der Waals surface area contributed by atoms with Crippen molar-refractivity contribution in [2.24, 2.45) is 5.92 Å². The Kier molecular flexibility index (Phi) is 4.55. The number of nitrogens with zero attached hydrogens (tertiary/aromatic N) is 2. The highest BCUT2D eigenvalue weighted by atomic mass is 35.5. The van der Waals surface area contributed by atoms with E-state index in [9.17, 15) is 4.79 Å². The van der Waals surface area contributed by atoms with Crippen LogP contribution in [0.4, 0.5) is 0 Å². The molecule has 0 radical (unpaired) electrons. The zero-order chi connectivity index (χ0) is 13.0. The van der Waals surface area contributed by atoms with Crippen LogP contribution in [0, 0.1) is 5.92 Å². The van der Waals surface area contributed by atoms with Gasteiger partial charge in [-0.05, 0) is 38.4 Å². The van der Waals surface area contributed by atoms with Crippen molar-refractivity contribution in [1.29, 1.82) is 0 Å². The smallest absolute Gasteiger partial charge is 0.252 e. The molecule has 0 aromatic carbocycles. The summed E-state index contributed by atoms with van der Waals surface area (Å²) >= 11 is 5.93. The van der Waals surface area contributed by atoms with Crippen LogP contribution in [0.5, 0.6) is 0 Å². The lowest BCUT2D eigenvalue weighted by atomic mass is 9.98. The van der Waals surface area contributed by atoms with Crippen LogP contribution in [0.1, 0.15) is 23.2 Å². The number of pyridine rings is 1. The quantitative estimate of drug-likeness (QED) is 0.908. The molecular formula is C13H18ClN3O. The first kappa shape index (κ1) is 13.3. The maximum Gasteiger partial charge on any atom is 0.252 e. The lowest BCUT2D eigenvalue weighted by Gasteiger charge is -2.29. The number of aromatic nitrogens is 1. The summed E-state index contributed by atoms with van der Waals surface area (Å²) in [7, 11) is 2.12. The van der Waals surface area contributed by atoms with Gasteiger partial charge in [-0.15, -0.1) is 0 Å².